The van der Waals surface area contributed by atoms with Crippen LogP contribution in [0.1, 0.15) is 329 Å². The molecule has 0 aromatic rings. The van der Waals surface area contributed by atoms with Gasteiger partial charge >= 0.3 is 33.6 Å². The fraction of sp³-hybridized carbons (Fsp3) is 0.690. The molecule has 18 heteroatoms. The number of phosphoric ester groups is 2. The summed E-state index contributed by atoms with van der Waals surface area (Å²) in [6.45, 7) is 2.49. The summed E-state index contributed by atoms with van der Waals surface area (Å²) in [5.74, 6) is -1.61. The summed E-state index contributed by atoms with van der Waals surface area (Å²) in [6.07, 6.45) is 97.4. The Morgan fingerprint density at radius 1 is 0.276 bits per heavy atom. The van der Waals surface area contributed by atoms with Gasteiger partial charge in [-0.3, -0.25) is 32.5 Å². The number of phosphoric acid groups is 2. The summed E-state index contributed by atoms with van der Waals surface area (Å²) in [4.78, 5) is 58.8. The van der Waals surface area contributed by atoms with Crippen LogP contribution in [0, 0.1) is 0 Å². The molecule has 0 saturated carbocycles. The van der Waals surface area contributed by atoms with E-state index in [1.165, 1.54) is 103 Å². The van der Waals surface area contributed by atoms with Gasteiger partial charge in [0, 0.05) is 19.3 Å². The van der Waals surface area contributed by atoms with Gasteiger partial charge in [0.05, 0.1) is 26.4 Å². The van der Waals surface area contributed by atoms with Gasteiger partial charge in [-0.15, -0.1) is 0 Å². The van der Waals surface area contributed by atoms with E-state index in [0.717, 1.165) is 167 Å². The molecule has 0 aliphatic rings. The number of rotatable bonds is 77. The highest BCUT2D eigenvalue weighted by Gasteiger charge is 2.29. The first-order valence-electron chi connectivity index (χ1n) is 41.1. The average molecular weight is 1510 g/mol. The first-order valence-corrected chi connectivity index (χ1v) is 44.1. The summed E-state index contributed by atoms with van der Waals surface area (Å²) >= 11 is 0. The molecule has 0 aliphatic heterocycles. The third-order valence-electron chi connectivity index (χ3n) is 17.0. The number of esters is 3. The lowest BCUT2D eigenvalue weighted by Crippen LogP contribution is -2.30. The lowest BCUT2D eigenvalue weighted by atomic mass is 10.0. The van der Waals surface area contributed by atoms with Crippen molar-refractivity contribution < 1.29 is 75.8 Å². The van der Waals surface area contributed by atoms with Gasteiger partial charge in [0.15, 0.2) is 6.10 Å². The summed E-state index contributed by atoms with van der Waals surface area (Å²) in [5.41, 5.74) is 0. The van der Waals surface area contributed by atoms with Crippen LogP contribution in [0.2, 0.25) is 0 Å². The van der Waals surface area contributed by atoms with Crippen molar-refractivity contribution in [3.8, 4) is 0 Å². The standard InChI is InChI=1S/C87H148O16P2/c1-4-7-10-13-16-19-22-25-28-31-34-36-37-38-39-40-41-42-43-45-48-49-52-55-58-61-64-67-70-73-85(90)97-76-82(88)77-99-104(93,94)100-78-83(89)79-101-105(95,96)102-81-84(103-87(92)75-72-69-66-63-60-57-54-51-46-33-30-27-24-21-18-15-12-9-6-3)80-98-86(91)74-71-68-65-62-59-56-53-50-47-44-35-32-29-26-23-20-17-14-11-8-5-2/h7,10,16-21,25-30,34-36,38-39,44,46,50-51,53,82-84,88-89H,4-6,8-9,11-15,22-24,31-33,37,40-43,45,47-49,52,54-81H2,1-3H3,(H,93,94)(H,95,96)/b10-7-,19-16-,20-17-,21-18-,28-25-,29-26-,30-27-,36-34-,39-38-,44-35-,51-46-,53-50-. The summed E-state index contributed by atoms with van der Waals surface area (Å²) in [5, 5.41) is 20.7. The first kappa shape index (κ1) is 100. The second kappa shape index (κ2) is 79.0. The van der Waals surface area contributed by atoms with Gasteiger partial charge in [0.1, 0.15) is 25.4 Å². The van der Waals surface area contributed by atoms with Crippen LogP contribution in [-0.4, -0.2) is 95.9 Å². The third-order valence-corrected chi connectivity index (χ3v) is 18.9. The highest BCUT2D eigenvalue weighted by Crippen LogP contribution is 2.45. The second-order valence-corrected chi connectivity index (χ2v) is 30.1. The average Bonchev–Trinajstić information content (AvgIpc) is 0.911. The summed E-state index contributed by atoms with van der Waals surface area (Å²) in [6, 6.07) is 0. The quantitative estimate of drug-likeness (QED) is 0.0146. The van der Waals surface area contributed by atoms with E-state index < -0.39 is 91.5 Å². The highest BCUT2D eigenvalue weighted by atomic mass is 31.2. The van der Waals surface area contributed by atoms with E-state index >= 15 is 0 Å². The van der Waals surface area contributed by atoms with Gasteiger partial charge in [0.25, 0.3) is 0 Å². The normalized spacial score (nSPS) is 14.7. The van der Waals surface area contributed by atoms with E-state index in [-0.39, 0.29) is 19.3 Å². The van der Waals surface area contributed by atoms with Crippen LogP contribution < -0.4 is 0 Å². The Kier molecular flexibility index (Phi) is 75.6. The van der Waals surface area contributed by atoms with Gasteiger partial charge < -0.3 is 34.2 Å². The van der Waals surface area contributed by atoms with E-state index in [4.69, 9.17) is 32.3 Å². The van der Waals surface area contributed by atoms with Crippen LogP contribution in [-0.2, 0) is 55.8 Å². The predicted molar refractivity (Wildman–Crippen MR) is 436 cm³/mol. The highest BCUT2D eigenvalue weighted by molar-refractivity contribution is 7.47. The van der Waals surface area contributed by atoms with E-state index in [1.54, 1.807) is 0 Å². The van der Waals surface area contributed by atoms with Gasteiger partial charge in [0.2, 0.25) is 0 Å². The number of carbonyl (C=O) groups excluding carboxylic acids is 3. The van der Waals surface area contributed by atoms with Crippen LogP contribution in [0.3, 0.4) is 0 Å². The zero-order valence-corrected chi connectivity index (χ0v) is 67.6. The molecule has 0 heterocycles. The number of aliphatic hydroxyl groups is 2. The smallest absolute Gasteiger partial charge is 0.463 e. The van der Waals surface area contributed by atoms with E-state index in [2.05, 4.69) is 167 Å². The monoisotopic (exact) mass is 1510 g/mol. The molecule has 0 aromatic heterocycles. The topological polar surface area (TPSA) is 231 Å². The molecule has 5 atom stereocenters. The van der Waals surface area contributed by atoms with E-state index in [0.29, 0.717) is 19.3 Å². The van der Waals surface area contributed by atoms with Crippen molar-refractivity contribution in [2.45, 2.75) is 347 Å². The Morgan fingerprint density at radius 3 is 0.800 bits per heavy atom. The zero-order chi connectivity index (χ0) is 76.6. The van der Waals surface area contributed by atoms with Crippen LogP contribution in [0.25, 0.3) is 0 Å². The van der Waals surface area contributed by atoms with Crippen LogP contribution in [0.5, 0.6) is 0 Å². The zero-order valence-electron chi connectivity index (χ0n) is 65.9. The third kappa shape index (κ3) is 80.3. The number of hydrogen-bond acceptors (Lipinski definition) is 14. The fourth-order valence-corrected chi connectivity index (χ4v) is 12.4. The van der Waals surface area contributed by atoms with Gasteiger partial charge in [-0.1, -0.05) is 308 Å². The molecule has 602 valence electrons. The Balaban J connectivity index is 4.61. The lowest BCUT2D eigenvalue weighted by molar-refractivity contribution is -0.161. The van der Waals surface area contributed by atoms with Crippen LogP contribution in [0.15, 0.2) is 146 Å². The van der Waals surface area contributed by atoms with Crippen LogP contribution >= 0.6 is 15.6 Å². The Hall–Kier alpha value is -4.57. The molecule has 4 N–H and O–H groups in total. The minimum atomic E-state index is -4.95. The van der Waals surface area contributed by atoms with Crippen molar-refractivity contribution in [3.05, 3.63) is 146 Å². The number of unbranched alkanes of at least 4 members (excludes halogenated alkanes) is 30. The molecule has 0 saturated heterocycles. The minimum Gasteiger partial charge on any atom is -0.463 e. The Bertz CT molecular complexity index is 2490. The number of hydrogen-bond donors (Lipinski definition) is 4. The molecule has 0 aromatic carbocycles. The Morgan fingerprint density at radius 2 is 0.505 bits per heavy atom. The fourth-order valence-electron chi connectivity index (χ4n) is 10.8. The number of carbonyl (C=O) groups is 3. The van der Waals surface area contributed by atoms with Gasteiger partial charge in [-0.2, -0.15) is 0 Å². The Labute approximate surface area is 638 Å². The maximum atomic E-state index is 13.0. The van der Waals surface area contributed by atoms with Crippen molar-refractivity contribution in [1.82, 2.24) is 0 Å². The van der Waals surface area contributed by atoms with Crippen molar-refractivity contribution in [2.24, 2.45) is 0 Å². The molecule has 0 radical (unpaired) electrons. The van der Waals surface area contributed by atoms with Gasteiger partial charge in [-0.25, -0.2) is 9.13 Å². The number of aliphatic hydroxyl groups excluding tert-OH is 2. The van der Waals surface area contributed by atoms with E-state index in [9.17, 15) is 43.5 Å². The van der Waals surface area contributed by atoms with Crippen molar-refractivity contribution >= 4 is 33.6 Å². The molecule has 0 rings (SSSR count). The first-order chi connectivity index (χ1) is 51.2. The molecular weight excluding hydrogens is 1360 g/mol. The van der Waals surface area contributed by atoms with Crippen LogP contribution in [0.4, 0.5) is 0 Å². The maximum absolute atomic E-state index is 13.0. The second-order valence-electron chi connectivity index (χ2n) is 27.2. The molecular formula is C87H148O16P2. The maximum Gasteiger partial charge on any atom is 0.472 e. The van der Waals surface area contributed by atoms with Crippen molar-refractivity contribution in [3.63, 3.8) is 0 Å². The molecule has 0 aliphatic carbocycles. The predicted octanol–water partition coefficient (Wildman–Crippen LogP) is 24.4. The number of ether oxygens (including phenoxy) is 3. The molecule has 0 spiro atoms. The van der Waals surface area contributed by atoms with Crippen molar-refractivity contribution in [2.75, 3.05) is 39.6 Å². The SMILES string of the molecule is CC/C=C\C/C=C\C/C=C\C/C=C\C/C=C\CCCCCCCCCCCCCCCC(=O)OCC(O)COP(=O)(O)OCC(O)COP(=O)(O)OCC(COC(=O)CCCCCCC/C=C\C/C=C\C/C=C\C/C=C\CCCCC)OC(=O)CCCCCCCC/C=C\C/C=C\C/C=C\CCCCC. The lowest BCUT2D eigenvalue weighted by Gasteiger charge is -2.21. The molecule has 5 unspecified atom stereocenters. The van der Waals surface area contributed by atoms with E-state index in [1.807, 2.05) is 0 Å². The summed E-state index contributed by atoms with van der Waals surface area (Å²) < 4.78 is 61.2. The molecule has 105 heavy (non-hydrogen) atoms. The largest absolute Gasteiger partial charge is 0.472 e. The summed E-state index contributed by atoms with van der Waals surface area (Å²) in [7, 11) is -9.81. The van der Waals surface area contributed by atoms with Crippen molar-refractivity contribution in [1.29, 1.82) is 0 Å². The van der Waals surface area contributed by atoms with Gasteiger partial charge in [-0.05, 0) is 148 Å². The minimum absolute atomic E-state index is 0.0822. The number of allylic oxidation sites excluding steroid dienone is 24. The molecule has 0 amide bonds. The molecule has 0 fully saturated rings. The molecule has 16 nitrogen and oxygen atoms in total. The molecule has 0 bridgehead atoms.